The molecular formula is C10H11ClO4. The normalized spacial score (nSPS) is 14.4. The lowest BCUT2D eigenvalue weighted by atomic mass is 10.0. The van der Waals surface area contributed by atoms with E-state index in [0.29, 0.717) is 0 Å². The molecule has 1 aromatic rings. The fraction of sp³-hybridized carbons (Fsp3) is 0.300. The Morgan fingerprint density at radius 2 is 2.00 bits per heavy atom. The van der Waals surface area contributed by atoms with E-state index in [4.69, 9.17) is 11.6 Å². The van der Waals surface area contributed by atoms with Crippen molar-refractivity contribution < 1.29 is 19.7 Å². The molecule has 0 unspecified atom stereocenters. The standard InChI is InChI=1S/C10H11ClO4/c1-15-10(14)9(13)8(12)6-4-2-3-5-7(6)11/h2-5,8-9,12-13H,1H3/t8-,9-/m1/s1. The van der Waals surface area contributed by atoms with Gasteiger partial charge in [0.25, 0.3) is 0 Å². The number of benzene rings is 1. The van der Waals surface area contributed by atoms with Gasteiger partial charge in [0.2, 0.25) is 0 Å². The number of halogens is 1. The molecule has 0 saturated carbocycles. The van der Waals surface area contributed by atoms with Crippen LogP contribution in [-0.2, 0) is 9.53 Å². The molecule has 0 heterocycles. The summed E-state index contributed by atoms with van der Waals surface area (Å²) in [6.07, 6.45) is -3.01. The summed E-state index contributed by atoms with van der Waals surface area (Å²) in [4.78, 5) is 11.0. The average Bonchev–Trinajstić information content (AvgIpc) is 2.26. The van der Waals surface area contributed by atoms with Gasteiger partial charge in [-0.1, -0.05) is 29.8 Å². The van der Waals surface area contributed by atoms with Gasteiger partial charge in [-0.2, -0.15) is 0 Å². The van der Waals surface area contributed by atoms with E-state index in [1.54, 1.807) is 18.2 Å². The maximum absolute atomic E-state index is 11.0. The lowest BCUT2D eigenvalue weighted by molar-refractivity contribution is -0.156. The van der Waals surface area contributed by atoms with Crippen LogP contribution in [0.3, 0.4) is 0 Å². The summed E-state index contributed by atoms with van der Waals surface area (Å²) in [5.41, 5.74) is 0.289. The minimum absolute atomic E-state index is 0.285. The molecule has 1 aromatic carbocycles. The van der Waals surface area contributed by atoms with Gasteiger partial charge >= 0.3 is 5.97 Å². The molecule has 0 fully saturated rings. The Morgan fingerprint density at radius 1 is 1.40 bits per heavy atom. The van der Waals surface area contributed by atoms with Crippen LogP contribution in [0.15, 0.2) is 24.3 Å². The molecule has 0 aliphatic heterocycles. The number of carbonyl (C=O) groups excluding carboxylic acids is 1. The van der Waals surface area contributed by atoms with Gasteiger partial charge < -0.3 is 14.9 Å². The van der Waals surface area contributed by atoms with Crippen LogP contribution in [0.5, 0.6) is 0 Å². The summed E-state index contributed by atoms with van der Waals surface area (Å²) in [5, 5.41) is 19.3. The molecule has 0 amide bonds. The van der Waals surface area contributed by atoms with Crippen molar-refractivity contribution in [3.05, 3.63) is 34.9 Å². The molecule has 4 nitrogen and oxygen atoms in total. The largest absolute Gasteiger partial charge is 0.467 e. The molecule has 82 valence electrons. The van der Waals surface area contributed by atoms with E-state index >= 15 is 0 Å². The Kier molecular flexibility index (Phi) is 4.08. The van der Waals surface area contributed by atoms with Crippen LogP contribution in [0.2, 0.25) is 5.02 Å². The zero-order valence-corrected chi connectivity index (χ0v) is 8.81. The van der Waals surface area contributed by atoms with Crippen molar-refractivity contribution in [2.24, 2.45) is 0 Å². The van der Waals surface area contributed by atoms with E-state index in [2.05, 4.69) is 4.74 Å². The Balaban J connectivity index is 2.89. The second-order valence-electron chi connectivity index (χ2n) is 2.93. The zero-order chi connectivity index (χ0) is 11.4. The first-order valence-electron chi connectivity index (χ1n) is 4.26. The Hall–Kier alpha value is -1.10. The Bertz CT molecular complexity index is 353. The van der Waals surface area contributed by atoms with Crippen molar-refractivity contribution in [2.45, 2.75) is 12.2 Å². The van der Waals surface area contributed by atoms with Crippen LogP contribution in [0, 0.1) is 0 Å². The Labute approximate surface area is 92.1 Å². The minimum atomic E-state index is -1.63. The minimum Gasteiger partial charge on any atom is -0.467 e. The maximum Gasteiger partial charge on any atom is 0.337 e. The van der Waals surface area contributed by atoms with E-state index in [-0.39, 0.29) is 10.6 Å². The molecule has 5 heteroatoms. The number of aliphatic hydroxyl groups excluding tert-OH is 2. The van der Waals surface area contributed by atoms with Gasteiger partial charge in [-0.3, -0.25) is 0 Å². The number of rotatable bonds is 3. The lowest BCUT2D eigenvalue weighted by Crippen LogP contribution is -2.29. The molecule has 0 aliphatic rings. The summed E-state index contributed by atoms with van der Waals surface area (Å²) in [5.74, 6) is -0.901. The monoisotopic (exact) mass is 230 g/mol. The van der Waals surface area contributed by atoms with E-state index < -0.39 is 18.2 Å². The van der Waals surface area contributed by atoms with E-state index in [9.17, 15) is 15.0 Å². The lowest BCUT2D eigenvalue weighted by Gasteiger charge is -2.16. The molecule has 15 heavy (non-hydrogen) atoms. The van der Waals surface area contributed by atoms with Gasteiger partial charge in [-0.15, -0.1) is 0 Å². The van der Waals surface area contributed by atoms with Gasteiger partial charge in [0.05, 0.1) is 7.11 Å². The van der Waals surface area contributed by atoms with Gasteiger partial charge in [-0.25, -0.2) is 4.79 Å². The first-order chi connectivity index (χ1) is 7.07. The molecule has 0 spiro atoms. The van der Waals surface area contributed by atoms with E-state index in [0.717, 1.165) is 7.11 Å². The number of ether oxygens (including phenoxy) is 1. The topological polar surface area (TPSA) is 66.8 Å². The fourth-order valence-corrected chi connectivity index (χ4v) is 1.38. The smallest absolute Gasteiger partial charge is 0.337 e. The number of aliphatic hydroxyl groups is 2. The Morgan fingerprint density at radius 3 is 2.53 bits per heavy atom. The predicted molar refractivity (Wildman–Crippen MR) is 54.4 cm³/mol. The molecule has 1 rings (SSSR count). The highest BCUT2D eigenvalue weighted by molar-refractivity contribution is 6.31. The van der Waals surface area contributed by atoms with Crippen molar-refractivity contribution in [3.8, 4) is 0 Å². The molecule has 0 radical (unpaired) electrons. The number of carbonyl (C=O) groups is 1. The molecule has 0 aliphatic carbocycles. The average molecular weight is 231 g/mol. The van der Waals surface area contributed by atoms with E-state index in [1.165, 1.54) is 6.07 Å². The summed E-state index contributed by atoms with van der Waals surface area (Å²) in [7, 11) is 1.13. The molecule has 0 aromatic heterocycles. The first-order valence-corrected chi connectivity index (χ1v) is 4.64. The predicted octanol–water partition coefficient (Wildman–Crippen LogP) is 0.907. The van der Waals surface area contributed by atoms with Crippen LogP contribution < -0.4 is 0 Å². The molecule has 2 atom stereocenters. The second-order valence-corrected chi connectivity index (χ2v) is 3.34. The third-order valence-corrected chi connectivity index (χ3v) is 2.31. The van der Waals surface area contributed by atoms with Crippen molar-refractivity contribution in [3.63, 3.8) is 0 Å². The highest BCUT2D eigenvalue weighted by Gasteiger charge is 2.27. The molecule has 0 bridgehead atoms. The quantitative estimate of drug-likeness (QED) is 0.758. The number of hydrogen-bond acceptors (Lipinski definition) is 4. The van der Waals surface area contributed by atoms with Crippen LogP contribution in [0.1, 0.15) is 11.7 Å². The van der Waals surface area contributed by atoms with Crippen LogP contribution in [-0.4, -0.2) is 29.4 Å². The third kappa shape index (κ3) is 2.68. The van der Waals surface area contributed by atoms with Crippen molar-refractivity contribution in [1.82, 2.24) is 0 Å². The number of hydrogen-bond donors (Lipinski definition) is 2. The summed E-state index contributed by atoms with van der Waals surface area (Å²) in [6.45, 7) is 0. The maximum atomic E-state index is 11.0. The SMILES string of the molecule is COC(=O)[C@H](O)[C@H](O)c1ccccc1Cl. The van der Waals surface area contributed by atoms with Gasteiger partial charge in [0.15, 0.2) is 6.10 Å². The van der Waals surface area contributed by atoms with Crippen LogP contribution in [0.25, 0.3) is 0 Å². The highest BCUT2D eigenvalue weighted by atomic mass is 35.5. The highest BCUT2D eigenvalue weighted by Crippen LogP contribution is 2.25. The fourth-order valence-electron chi connectivity index (χ4n) is 1.13. The summed E-state index contributed by atoms with van der Waals surface area (Å²) in [6, 6.07) is 6.42. The number of methoxy groups -OCH3 is 1. The van der Waals surface area contributed by atoms with Crippen molar-refractivity contribution >= 4 is 17.6 Å². The van der Waals surface area contributed by atoms with E-state index in [1.807, 2.05) is 0 Å². The third-order valence-electron chi connectivity index (χ3n) is 1.97. The summed E-state index contributed by atoms with van der Waals surface area (Å²) >= 11 is 5.79. The van der Waals surface area contributed by atoms with Crippen molar-refractivity contribution in [2.75, 3.05) is 7.11 Å². The zero-order valence-electron chi connectivity index (χ0n) is 8.05. The van der Waals surface area contributed by atoms with Gasteiger partial charge in [0, 0.05) is 10.6 Å². The van der Waals surface area contributed by atoms with Crippen LogP contribution in [0.4, 0.5) is 0 Å². The molecule has 2 N–H and O–H groups in total. The molecular weight excluding hydrogens is 220 g/mol. The van der Waals surface area contributed by atoms with Crippen molar-refractivity contribution in [1.29, 1.82) is 0 Å². The number of esters is 1. The first kappa shape index (κ1) is 12.0. The van der Waals surface area contributed by atoms with Crippen LogP contribution >= 0.6 is 11.6 Å². The van der Waals surface area contributed by atoms with Gasteiger partial charge in [-0.05, 0) is 6.07 Å². The summed E-state index contributed by atoms with van der Waals surface area (Å²) < 4.78 is 4.30. The van der Waals surface area contributed by atoms with Gasteiger partial charge in [0.1, 0.15) is 6.10 Å². The second kappa shape index (κ2) is 5.11. The molecule has 0 saturated heterocycles.